The predicted octanol–water partition coefficient (Wildman–Crippen LogP) is -0.850. The van der Waals surface area contributed by atoms with Gasteiger partial charge in [-0.1, -0.05) is 39.8 Å². The summed E-state index contributed by atoms with van der Waals surface area (Å²) in [5.41, 5.74) is -6.47. The van der Waals surface area contributed by atoms with E-state index < -0.39 is 98.3 Å². The van der Waals surface area contributed by atoms with Crippen molar-refractivity contribution < 1.29 is 59.3 Å². The van der Waals surface area contributed by atoms with Gasteiger partial charge in [-0.15, -0.1) is 11.8 Å². The number of hydrogen-bond acceptors (Lipinski definition) is 12. The highest BCUT2D eigenvalue weighted by Crippen LogP contribution is 2.75. The summed E-state index contributed by atoms with van der Waals surface area (Å²) in [5, 5.41) is 68.2. The van der Waals surface area contributed by atoms with Crippen LogP contribution in [0.4, 0.5) is 4.79 Å². The summed E-state index contributed by atoms with van der Waals surface area (Å²) in [6.45, 7) is 9.39. The van der Waals surface area contributed by atoms with Gasteiger partial charge in [0.15, 0.2) is 11.7 Å². The number of thioether (sulfide) groups is 1. The quantitative estimate of drug-likeness (QED) is 0.168. The van der Waals surface area contributed by atoms with Gasteiger partial charge in [0.1, 0.15) is 41.0 Å². The first-order valence-electron chi connectivity index (χ1n) is 14.4. The molecule has 8 N–H and O–H groups in total. The monoisotopic (exact) mass is 651 g/mol. The van der Waals surface area contributed by atoms with Crippen LogP contribution in [0.1, 0.15) is 53.1 Å². The molecule has 10 atom stereocenters. The van der Waals surface area contributed by atoms with Crippen LogP contribution in [0.5, 0.6) is 5.75 Å². The highest BCUT2D eigenvalue weighted by Gasteiger charge is 2.97. The molecule has 6 rings (SSSR count). The number of carbonyl (C=O) groups is 4. The zero-order chi connectivity index (χ0) is 33.4. The first kappa shape index (κ1) is 31.8. The summed E-state index contributed by atoms with van der Waals surface area (Å²) in [6, 6.07) is 1.55. The highest BCUT2D eigenvalue weighted by atomic mass is 32.2. The summed E-state index contributed by atoms with van der Waals surface area (Å²) in [5.74, 6) is -4.97. The average Bonchev–Trinajstić information content (AvgIpc) is 3.31. The Bertz CT molecular complexity index is 1500. The van der Waals surface area contributed by atoms with Gasteiger partial charge in [0.2, 0.25) is 17.6 Å². The Morgan fingerprint density at radius 1 is 1.04 bits per heavy atom. The first-order chi connectivity index (χ1) is 20.6. The summed E-state index contributed by atoms with van der Waals surface area (Å²) >= 11 is 1.22. The number of ether oxygens (including phenoxy) is 2. The van der Waals surface area contributed by atoms with Crippen molar-refractivity contribution >= 4 is 35.6 Å². The number of phenolic OH excluding ortho intramolecular Hbond substituents is 1. The van der Waals surface area contributed by atoms with E-state index in [0.29, 0.717) is 0 Å². The number of hydrogen-bond donors (Lipinski definition) is 8. The number of aromatic hydroxyl groups is 1. The Labute approximate surface area is 261 Å². The molecule has 5 aliphatic rings. The van der Waals surface area contributed by atoms with E-state index in [4.69, 9.17) is 9.47 Å². The van der Waals surface area contributed by atoms with E-state index in [-0.39, 0.29) is 11.3 Å². The Morgan fingerprint density at radius 2 is 1.62 bits per heavy atom. The summed E-state index contributed by atoms with van der Waals surface area (Å²) < 4.78 is 10.5. The summed E-state index contributed by atoms with van der Waals surface area (Å²) in [7, 11) is 0. The SMILES string of the molecule is CC1(C)SC2C(NC(=O)C(NC(=O)O[C@H]3[C@@H]([C@]4(O)C(O)C4(C)C)OC4(O)C(C)(C)[C@@]34O)c3ccc(O)cc3)C(=O)N2C1C(=O)O. The van der Waals surface area contributed by atoms with E-state index in [9.17, 15) is 49.8 Å². The van der Waals surface area contributed by atoms with Gasteiger partial charge in [-0.05, 0) is 31.5 Å². The number of β-lactam (4-membered cyclic amide) rings is 1. The fourth-order valence-corrected chi connectivity index (χ4v) is 9.05. The molecular formula is C29H37N3O12S. The maximum Gasteiger partial charge on any atom is 0.408 e. The van der Waals surface area contributed by atoms with Crippen molar-refractivity contribution in [3.63, 3.8) is 0 Å². The van der Waals surface area contributed by atoms with Crippen LogP contribution in [0.3, 0.4) is 0 Å². The van der Waals surface area contributed by atoms with Gasteiger partial charge in [0, 0.05) is 10.2 Å². The molecule has 0 bridgehead atoms. The second-order valence-electron chi connectivity index (χ2n) is 14.1. The minimum atomic E-state index is -2.21. The second kappa shape index (κ2) is 9.23. The largest absolute Gasteiger partial charge is 0.508 e. The molecule has 246 valence electrons. The fraction of sp³-hybridized carbons (Fsp3) is 0.655. The Morgan fingerprint density at radius 3 is 2.16 bits per heavy atom. The van der Waals surface area contributed by atoms with Crippen molar-refractivity contribution in [1.29, 1.82) is 0 Å². The van der Waals surface area contributed by atoms with E-state index in [1.807, 2.05) is 0 Å². The fourth-order valence-electron chi connectivity index (χ4n) is 7.43. The number of nitrogens with zero attached hydrogens (tertiary/aromatic N) is 1. The third kappa shape index (κ3) is 3.83. The van der Waals surface area contributed by atoms with Crippen LogP contribution in [-0.4, -0.2) is 117 Å². The van der Waals surface area contributed by atoms with Crippen LogP contribution in [0, 0.1) is 10.8 Å². The maximum absolute atomic E-state index is 13.6. The van der Waals surface area contributed by atoms with Crippen LogP contribution >= 0.6 is 11.8 Å². The second-order valence-corrected chi connectivity index (χ2v) is 15.9. The maximum atomic E-state index is 13.6. The van der Waals surface area contributed by atoms with Crippen LogP contribution in [0.2, 0.25) is 0 Å². The van der Waals surface area contributed by atoms with E-state index in [1.165, 1.54) is 68.6 Å². The van der Waals surface area contributed by atoms with Gasteiger partial charge in [-0.3, -0.25) is 9.59 Å². The zero-order valence-electron chi connectivity index (χ0n) is 25.3. The van der Waals surface area contributed by atoms with Crippen molar-refractivity contribution in [2.24, 2.45) is 10.8 Å². The number of alkyl carbamates (subject to hydrolysis) is 1. The van der Waals surface area contributed by atoms with Crippen molar-refractivity contribution in [1.82, 2.24) is 15.5 Å². The lowest BCUT2D eigenvalue weighted by Crippen LogP contribution is -2.71. The third-order valence-corrected chi connectivity index (χ3v) is 12.3. The average molecular weight is 652 g/mol. The van der Waals surface area contributed by atoms with Gasteiger partial charge in [-0.2, -0.15) is 0 Å². The minimum Gasteiger partial charge on any atom is -0.508 e. The number of carboxylic acid groups (broad SMARTS) is 1. The third-order valence-electron chi connectivity index (χ3n) is 10.7. The van der Waals surface area contributed by atoms with Crippen LogP contribution in [-0.2, 0) is 23.9 Å². The van der Waals surface area contributed by atoms with Gasteiger partial charge in [0.05, 0.1) is 11.5 Å². The zero-order valence-corrected chi connectivity index (χ0v) is 26.2. The Balaban J connectivity index is 1.24. The number of rotatable bonds is 7. The number of phenols is 1. The number of fused-ring (bicyclic) bond motifs is 2. The van der Waals surface area contributed by atoms with Crippen molar-refractivity contribution in [2.45, 2.75) is 105 Å². The number of benzene rings is 1. The van der Waals surface area contributed by atoms with Gasteiger partial charge < -0.3 is 55.6 Å². The van der Waals surface area contributed by atoms with E-state index in [1.54, 1.807) is 13.8 Å². The minimum absolute atomic E-state index is 0.128. The number of aliphatic carboxylic acids is 1. The number of nitrogens with one attached hydrogen (secondary N) is 2. The highest BCUT2D eigenvalue weighted by molar-refractivity contribution is 8.01. The van der Waals surface area contributed by atoms with Gasteiger partial charge in [-0.25, -0.2) is 9.59 Å². The molecule has 1 aromatic rings. The number of carboxylic acids is 1. The smallest absolute Gasteiger partial charge is 0.408 e. The van der Waals surface area contributed by atoms with Crippen LogP contribution in [0.25, 0.3) is 0 Å². The summed E-state index contributed by atoms with van der Waals surface area (Å²) in [4.78, 5) is 53.1. The van der Waals surface area contributed by atoms with Crippen molar-refractivity contribution in [2.75, 3.05) is 0 Å². The normalized spacial score (nSPS) is 41.6. The molecule has 15 nitrogen and oxygen atoms in total. The summed E-state index contributed by atoms with van der Waals surface area (Å²) in [6.07, 6.45) is -5.82. The van der Waals surface area contributed by atoms with E-state index in [2.05, 4.69) is 10.6 Å². The number of amides is 3. The molecule has 3 aliphatic heterocycles. The number of carbonyl (C=O) groups excluding carboxylic acids is 3. The molecule has 45 heavy (non-hydrogen) atoms. The van der Waals surface area contributed by atoms with Gasteiger partial charge >= 0.3 is 12.1 Å². The molecule has 3 heterocycles. The molecule has 6 unspecified atom stereocenters. The van der Waals surface area contributed by atoms with Crippen molar-refractivity contribution in [3.05, 3.63) is 29.8 Å². The lowest BCUT2D eigenvalue weighted by atomic mass is 9.90. The lowest BCUT2D eigenvalue weighted by molar-refractivity contribution is -0.208. The molecule has 0 radical (unpaired) electrons. The molecule has 5 fully saturated rings. The number of aliphatic hydroxyl groups is 4. The van der Waals surface area contributed by atoms with Crippen LogP contribution in [0.15, 0.2) is 24.3 Å². The molecule has 3 saturated heterocycles. The molecule has 2 aliphatic carbocycles. The van der Waals surface area contributed by atoms with E-state index in [0.717, 1.165) is 0 Å². The van der Waals surface area contributed by atoms with Gasteiger partial charge in [0.25, 0.3) is 0 Å². The lowest BCUT2D eigenvalue weighted by Gasteiger charge is -2.44. The molecular weight excluding hydrogens is 614 g/mol. The number of aliphatic hydroxyl groups excluding tert-OH is 1. The predicted molar refractivity (Wildman–Crippen MR) is 153 cm³/mol. The molecule has 0 spiro atoms. The molecule has 2 saturated carbocycles. The Hall–Kier alpha value is -3.15. The van der Waals surface area contributed by atoms with Crippen molar-refractivity contribution in [3.8, 4) is 5.75 Å². The Kier molecular flexibility index (Phi) is 6.52. The standard InChI is InChI=1S/C29H37N3O12S/c1-24(2)22(38)27(24,40)16-17(28(41)26(5,6)29(28,42)44-16)43-23(39)31-13(11-7-9-12(33)10-8-11)18(34)30-14-19(35)32-15(21(36)37)25(3,4)45-20(14)32/h7-10,13-17,20,22,33,38,40-42H,1-6H3,(H,30,34)(H,31,39)(H,36,37)/t13?,14?,15?,16-,17-,20?,22?,27-,28-,29?/m0/s1. The van der Waals surface area contributed by atoms with E-state index >= 15 is 0 Å². The van der Waals surface area contributed by atoms with Crippen LogP contribution < -0.4 is 10.6 Å². The molecule has 16 heteroatoms. The topological polar surface area (TPSA) is 235 Å². The molecule has 1 aromatic carbocycles. The molecule has 0 aromatic heterocycles. The molecule has 3 amide bonds. The first-order valence-corrected chi connectivity index (χ1v) is 15.3.